The molecular weight excluding hydrogens is 716 g/mol. The first kappa shape index (κ1) is 37.7. The van der Waals surface area contributed by atoms with E-state index in [1.165, 1.54) is 18.6 Å². The number of fused-ring (bicyclic) bond motifs is 2. The Labute approximate surface area is 326 Å². The van der Waals surface area contributed by atoms with E-state index in [4.69, 9.17) is 24.0 Å². The van der Waals surface area contributed by atoms with Crippen LogP contribution in [0.2, 0.25) is 0 Å². The number of hydrogen-bond donors (Lipinski definition) is 2. The molecule has 5 aromatic rings. The molecule has 296 valence electrons. The van der Waals surface area contributed by atoms with Crippen molar-refractivity contribution in [3.63, 3.8) is 0 Å². The summed E-state index contributed by atoms with van der Waals surface area (Å²) in [5.41, 5.74) is 3.61. The van der Waals surface area contributed by atoms with Gasteiger partial charge >= 0.3 is 6.03 Å². The quantitative estimate of drug-likeness (QED) is 0.128. The third kappa shape index (κ3) is 8.61. The third-order valence-electron chi connectivity index (χ3n) is 10.6. The normalized spacial score (nSPS) is 20.1. The zero-order valence-corrected chi connectivity index (χ0v) is 32.4. The molecule has 3 aromatic heterocycles. The molecule has 3 unspecified atom stereocenters. The summed E-state index contributed by atoms with van der Waals surface area (Å²) in [4.78, 5) is 16.1. The molecule has 2 aliphatic heterocycles. The molecule has 2 aromatic carbocycles. The number of nitrogens with one attached hydrogen (secondary N) is 2. The Morgan fingerprint density at radius 2 is 1.75 bits per heavy atom. The lowest BCUT2D eigenvalue weighted by Crippen LogP contribution is -2.36. The van der Waals surface area contributed by atoms with Crippen molar-refractivity contribution in [3.05, 3.63) is 89.5 Å². The van der Waals surface area contributed by atoms with Gasteiger partial charge < -0.3 is 29.2 Å². The Hall–Kier alpha value is -5.21. The van der Waals surface area contributed by atoms with Crippen LogP contribution in [0.15, 0.2) is 66.9 Å². The van der Waals surface area contributed by atoms with Crippen molar-refractivity contribution in [1.82, 2.24) is 29.7 Å². The van der Waals surface area contributed by atoms with E-state index in [9.17, 15) is 4.79 Å². The number of carbonyl (C=O) groups is 1. The van der Waals surface area contributed by atoms with Crippen LogP contribution in [0, 0.1) is 5.82 Å². The van der Waals surface area contributed by atoms with Gasteiger partial charge in [-0.15, -0.1) is 10.2 Å². The number of benzene rings is 2. The van der Waals surface area contributed by atoms with Crippen LogP contribution in [0.4, 0.5) is 21.0 Å². The maximum absolute atomic E-state index is 15.0. The van der Waals surface area contributed by atoms with Crippen molar-refractivity contribution >= 4 is 23.4 Å². The number of hydrogen-bond acceptors (Lipinski definition) is 9. The van der Waals surface area contributed by atoms with Gasteiger partial charge in [-0.05, 0) is 80.7 Å². The predicted octanol–water partition coefficient (Wildman–Crippen LogP) is 8.04. The van der Waals surface area contributed by atoms with Gasteiger partial charge in [-0.3, -0.25) is 9.72 Å². The summed E-state index contributed by atoms with van der Waals surface area (Å²) in [5, 5.41) is 19.9. The molecule has 2 fully saturated rings. The molecule has 0 saturated carbocycles. The Bertz CT molecular complexity index is 2130. The number of nitrogens with zero attached hydrogens (tertiary/aromatic N) is 6. The lowest BCUT2D eigenvalue weighted by Gasteiger charge is -2.32. The molecule has 0 bridgehead atoms. The van der Waals surface area contributed by atoms with Crippen LogP contribution in [0.3, 0.4) is 0 Å². The number of rotatable bonds is 11. The second-order valence-corrected chi connectivity index (χ2v) is 15.8. The Morgan fingerprint density at radius 1 is 0.911 bits per heavy atom. The molecule has 13 nitrogen and oxygen atoms in total. The Morgan fingerprint density at radius 3 is 2.55 bits per heavy atom. The number of aromatic nitrogens is 5. The number of amides is 2. The minimum absolute atomic E-state index is 0.202. The molecule has 0 spiro atoms. The molecule has 0 radical (unpaired) electrons. The summed E-state index contributed by atoms with van der Waals surface area (Å²) in [6.07, 6.45) is 9.40. The smallest absolute Gasteiger partial charge is 0.320 e. The number of halogens is 1. The van der Waals surface area contributed by atoms with Crippen LogP contribution >= 0.6 is 0 Å². The van der Waals surface area contributed by atoms with Crippen LogP contribution in [0.1, 0.15) is 101 Å². The number of ether oxygens (including phenoxy) is 4. The fourth-order valence-corrected chi connectivity index (χ4v) is 7.70. The zero-order valence-electron chi connectivity index (χ0n) is 32.4. The highest BCUT2D eigenvalue weighted by Gasteiger charge is 2.30. The number of anilines is 2. The maximum atomic E-state index is 15.0. The summed E-state index contributed by atoms with van der Waals surface area (Å²) in [6, 6.07) is 17.5. The van der Waals surface area contributed by atoms with E-state index in [1.807, 2.05) is 67.8 Å². The first-order valence-electron chi connectivity index (χ1n) is 19.9. The van der Waals surface area contributed by atoms with Crippen LogP contribution < -0.4 is 25.0 Å². The van der Waals surface area contributed by atoms with Crippen molar-refractivity contribution in [3.8, 4) is 17.2 Å². The minimum Gasteiger partial charge on any atom is -0.491 e. The van der Waals surface area contributed by atoms with Gasteiger partial charge in [0.15, 0.2) is 11.9 Å². The topological polar surface area (TPSA) is 129 Å². The minimum atomic E-state index is -0.489. The van der Waals surface area contributed by atoms with Gasteiger partial charge in [0.1, 0.15) is 35.8 Å². The van der Waals surface area contributed by atoms with Gasteiger partial charge in [0, 0.05) is 43.3 Å². The average Bonchev–Trinajstić information content (AvgIpc) is 3.83. The zero-order chi connectivity index (χ0) is 38.6. The molecule has 2 amide bonds. The van der Waals surface area contributed by atoms with E-state index in [1.54, 1.807) is 10.7 Å². The highest BCUT2D eigenvalue weighted by atomic mass is 19.1. The second-order valence-electron chi connectivity index (χ2n) is 15.8. The average molecular weight is 767 g/mol. The van der Waals surface area contributed by atoms with Crippen molar-refractivity contribution < 1.29 is 28.1 Å². The Balaban J connectivity index is 0.957. The van der Waals surface area contributed by atoms with Crippen molar-refractivity contribution in [2.24, 2.45) is 0 Å². The highest BCUT2D eigenvalue weighted by molar-refractivity contribution is 5.89. The fraction of sp³-hybridized carbons (Fsp3) is 0.476. The van der Waals surface area contributed by atoms with E-state index >= 15 is 4.39 Å². The van der Waals surface area contributed by atoms with Gasteiger partial charge in [0.05, 0.1) is 30.2 Å². The standard InChI is InChI=1S/C42H51FN8O5/c1-42(2,3)36-26-38(51(48-36)29-23-28(43)24-31(25-29)53-21-22-55-39-13-7-10-20-54-39)45-40(52)44-34-15-16-35(33-12-6-5-11-32(33)34)56-30-14-17-37-46-47-41(50(37)27-30)49-18-8-4-9-19-49/h5-6,11-12,14,17,23-27,34-35,39H,4,7-10,13,15-16,18-22H2,1-3H3,(H2,44,45,52). The van der Waals surface area contributed by atoms with Crippen LogP contribution in [0.25, 0.3) is 11.3 Å². The summed E-state index contributed by atoms with van der Waals surface area (Å²) >= 11 is 0. The summed E-state index contributed by atoms with van der Waals surface area (Å²) in [6.45, 7) is 9.29. The van der Waals surface area contributed by atoms with E-state index in [-0.39, 0.29) is 30.5 Å². The van der Waals surface area contributed by atoms with E-state index in [0.717, 1.165) is 79.4 Å². The van der Waals surface area contributed by atoms with E-state index < -0.39 is 11.8 Å². The third-order valence-corrected chi connectivity index (χ3v) is 10.6. The molecule has 5 heterocycles. The number of carbonyl (C=O) groups excluding carboxylic acids is 1. The van der Waals surface area contributed by atoms with Crippen molar-refractivity contribution in [2.45, 2.75) is 96.0 Å². The van der Waals surface area contributed by atoms with Crippen molar-refractivity contribution in [2.75, 3.05) is 43.1 Å². The van der Waals surface area contributed by atoms with Crippen LogP contribution in [0.5, 0.6) is 11.5 Å². The predicted molar refractivity (Wildman–Crippen MR) is 210 cm³/mol. The maximum Gasteiger partial charge on any atom is 0.320 e. The number of piperidine rings is 1. The van der Waals surface area contributed by atoms with Gasteiger partial charge in [0.25, 0.3) is 0 Å². The monoisotopic (exact) mass is 766 g/mol. The summed E-state index contributed by atoms with van der Waals surface area (Å²) in [7, 11) is 0. The SMILES string of the molecule is CC(C)(C)c1cc(NC(=O)NC2CCC(Oc3ccc4nnc(N5CCCCC5)n4c3)c3ccccc32)n(-c2cc(F)cc(OCCOC3CCCCO3)c2)n1. The van der Waals surface area contributed by atoms with Crippen LogP contribution in [-0.2, 0) is 14.9 Å². The molecule has 2 saturated heterocycles. The molecule has 1 aliphatic carbocycles. The highest BCUT2D eigenvalue weighted by Crippen LogP contribution is 2.39. The summed E-state index contributed by atoms with van der Waals surface area (Å²) < 4.78 is 42.5. The first-order chi connectivity index (χ1) is 27.2. The second kappa shape index (κ2) is 16.5. The molecular formula is C42H51FN8O5. The van der Waals surface area contributed by atoms with Gasteiger partial charge in [-0.25, -0.2) is 13.9 Å². The molecule has 14 heteroatoms. The lowest BCUT2D eigenvalue weighted by molar-refractivity contribution is -0.165. The number of pyridine rings is 1. The number of urea groups is 1. The largest absolute Gasteiger partial charge is 0.491 e. The van der Waals surface area contributed by atoms with Gasteiger partial charge in [0.2, 0.25) is 5.95 Å². The van der Waals surface area contributed by atoms with E-state index in [2.05, 4.69) is 31.8 Å². The van der Waals surface area contributed by atoms with Crippen molar-refractivity contribution in [1.29, 1.82) is 0 Å². The molecule has 3 aliphatic rings. The van der Waals surface area contributed by atoms with Gasteiger partial charge in [-0.2, -0.15) is 5.10 Å². The lowest BCUT2D eigenvalue weighted by atomic mass is 9.85. The molecule has 8 rings (SSSR count). The molecule has 3 atom stereocenters. The first-order valence-corrected chi connectivity index (χ1v) is 19.9. The Kier molecular flexibility index (Phi) is 11.1. The summed E-state index contributed by atoms with van der Waals surface area (Å²) in [5.74, 6) is 1.82. The molecule has 2 N–H and O–H groups in total. The van der Waals surface area contributed by atoms with Gasteiger partial charge in [-0.1, -0.05) is 45.0 Å². The van der Waals surface area contributed by atoms with Crippen LogP contribution in [-0.4, -0.2) is 69.6 Å². The van der Waals surface area contributed by atoms with E-state index in [0.29, 0.717) is 43.3 Å². The fourth-order valence-electron chi connectivity index (χ4n) is 7.70. The molecule has 56 heavy (non-hydrogen) atoms.